The number of carbonyl (C=O) groups excluding carboxylic acids is 1. The van der Waals surface area contributed by atoms with Crippen LogP contribution in [-0.2, 0) is 32.9 Å². The van der Waals surface area contributed by atoms with Crippen molar-refractivity contribution in [1.29, 1.82) is 0 Å². The van der Waals surface area contributed by atoms with Crippen LogP contribution in [0.1, 0.15) is 12.8 Å². The smallest absolute Gasteiger partial charge is 0.394 e. The summed E-state index contributed by atoms with van der Waals surface area (Å²) in [4.78, 5) is 33.4. The molecule has 0 aromatic heterocycles. The topological polar surface area (TPSA) is 280 Å². The van der Waals surface area contributed by atoms with E-state index < -0.39 is 88.0 Å². The van der Waals surface area contributed by atoms with Gasteiger partial charge in [0.2, 0.25) is 5.91 Å². The highest BCUT2D eigenvalue weighted by Crippen LogP contribution is 2.39. The number of hydrogen-bond acceptors (Lipinski definition) is 14. The highest BCUT2D eigenvalue weighted by molar-refractivity contribution is 7.46. The van der Waals surface area contributed by atoms with Gasteiger partial charge in [0.15, 0.2) is 6.29 Å². The molecule has 11 N–H and O–H groups in total. The number of phosphoric acid groups is 1. The molecular formula is C18H35N2O15P. The predicted octanol–water partition coefficient (Wildman–Crippen LogP) is -5.20. The number of carbonyl (C=O) groups is 1. The van der Waals surface area contributed by atoms with Crippen molar-refractivity contribution >= 4 is 13.7 Å². The van der Waals surface area contributed by atoms with Gasteiger partial charge in [-0.25, -0.2) is 10.5 Å². The summed E-state index contributed by atoms with van der Waals surface area (Å²) in [6, 6.07) is 0. The molecule has 2 aliphatic rings. The van der Waals surface area contributed by atoms with Crippen molar-refractivity contribution < 1.29 is 73.4 Å². The van der Waals surface area contributed by atoms with Gasteiger partial charge in [-0.2, -0.15) is 0 Å². The quantitative estimate of drug-likeness (QED) is 0.0582. The second kappa shape index (κ2) is 14.3. The maximum Gasteiger partial charge on any atom is 0.469 e. The molecule has 212 valence electrons. The highest BCUT2D eigenvalue weighted by Gasteiger charge is 2.50. The van der Waals surface area contributed by atoms with Crippen LogP contribution >= 0.6 is 7.82 Å². The van der Waals surface area contributed by atoms with E-state index in [1.54, 1.807) is 0 Å². The second-order valence-electron chi connectivity index (χ2n) is 8.49. The number of nitrogens with one attached hydrogen (secondary N) is 1. The number of hydrogen-bond donors (Lipinski definition) is 10. The number of aliphatic hydroxyl groups excluding tert-OH is 6. The van der Waals surface area contributed by atoms with E-state index in [-0.39, 0.29) is 32.6 Å². The van der Waals surface area contributed by atoms with Gasteiger partial charge in [0, 0.05) is 12.5 Å². The van der Waals surface area contributed by atoms with Crippen LogP contribution in [-0.4, -0.2) is 134 Å². The Morgan fingerprint density at radius 3 is 2.36 bits per heavy atom. The standard InChI is InChI=1S/C18H35N2O15P/c19-32-7-11(22)20-2-1-3-31-18-17(16(27)14(25)10(5-21)35-18)34-9-4-8(6-33-36(28,29)30)12(23)15(26)13(9)24/h8-10,12-18,21,23-27H,1-7,19H2,(H,20,22)(H2,28,29,30)/t8?,9-,10?,12+,13?,14+,15-,16-,17?,18-/m0/s1. The van der Waals surface area contributed by atoms with E-state index >= 15 is 0 Å². The van der Waals surface area contributed by atoms with E-state index in [9.17, 15) is 40.0 Å². The van der Waals surface area contributed by atoms with Crippen LogP contribution < -0.4 is 11.2 Å². The van der Waals surface area contributed by atoms with Crippen molar-refractivity contribution in [2.75, 3.05) is 33.0 Å². The molecule has 0 spiro atoms. The van der Waals surface area contributed by atoms with Gasteiger partial charge in [-0.3, -0.25) is 14.2 Å². The minimum absolute atomic E-state index is 0.0391. The van der Waals surface area contributed by atoms with Gasteiger partial charge in [-0.1, -0.05) is 0 Å². The molecule has 0 bridgehead atoms. The van der Waals surface area contributed by atoms with E-state index in [1.165, 1.54) is 0 Å². The van der Waals surface area contributed by atoms with E-state index in [4.69, 9.17) is 29.9 Å². The first-order valence-corrected chi connectivity index (χ1v) is 12.6. The zero-order valence-electron chi connectivity index (χ0n) is 19.2. The Labute approximate surface area is 205 Å². The average Bonchev–Trinajstić information content (AvgIpc) is 2.81. The van der Waals surface area contributed by atoms with Gasteiger partial charge in [0.05, 0.1) is 32.0 Å². The molecule has 17 nitrogen and oxygen atoms in total. The first-order valence-electron chi connectivity index (χ1n) is 11.1. The van der Waals surface area contributed by atoms with Gasteiger partial charge in [-0.15, -0.1) is 0 Å². The van der Waals surface area contributed by atoms with Gasteiger partial charge >= 0.3 is 7.82 Å². The molecule has 10 atom stereocenters. The fourth-order valence-corrected chi connectivity index (χ4v) is 4.32. The Hall–Kier alpha value is -0.860. The lowest BCUT2D eigenvalue weighted by Gasteiger charge is -2.46. The zero-order valence-corrected chi connectivity index (χ0v) is 20.1. The highest BCUT2D eigenvalue weighted by atomic mass is 31.2. The third-order valence-electron chi connectivity index (χ3n) is 5.85. The molecule has 1 aliphatic carbocycles. The predicted molar refractivity (Wildman–Crippen MR) is 114 cm³/mol. The lowest BCUT2D eigenvalue weighted by molar-refractivity contribution is -0.326. The summed E-state index contributed by atoms with van der Waals surface area (Å²) < 4.78 is 32.2. The van der Waals surface area contributed by atoms with Crippen molar-refractivity contribution in [3.05, 3.63) is 0 Å². The summed E-state index contributed by atoms with van der Waals surface area (Å²) in [5, 5.41) is 63.6. The van der Waals surface area contributed by atoms with Crippen LogP contribution in [0.3, 0.4) is 0 Å². The Bertz CT molecular complexity index is 729. The molecule has 4 unspecified atom stereocenters. The Morgan fingerprint density at radius 2 is 1.75 bits per heavy atom. The van der Waals surface area contributed by atoms with Crippen molar-refractivity contribution in [2.45, 2.75) is 68.0 Å². The van der Waals surface area contributed by atoms with E-state index in [0.29, 0.717) is 0 Å². The van der Waals surface area contributed by atoms with Crippen LogP contribution in [0.5, 0.6) is 0 Å². The largest absolute Gasteiger partial charge is 0.469 e. The average molecular weight is 550 g/mol. The maximum absolute atomic E-state index is 11.3. The number of nitrogens with two attached hydrogens (primary N) is 1. The molecule has 1 saturated carbocycles. The minimum atomic E-state index is -4.89. The van der Waals surface area contributed by atoms with Crippen molar-refractivity contribution in [1.82, 2.24) is 5.32 Å². The fourth-order valence-electron chi connectivity index (χ4n) is 3.94. The third-order valence-corrected chi connectivity index (χ3v) is 6.34. The summed E-state index contributed by atoms with van der Waals surface area (Å²) in [5.74, 6) is 3.27. The van der Waals surface area contributed by atoms with Crippen molar-refractivity contribution in [3.63, 3.8) is 0 Å². The molecule has 1 amide bonds. The molecule has 2 fully saturated rings. The SMILES string of the molecule is NOCC(=O)NCCCO[C@H]1OC(CO)[C@@H](O)[C@H](O)C1O[C@H]1CC(COP(=O)(O)O)[C@@H](O)[C@H](O)C1O. The molecule has 36 heavy (non-hydrogen) atoms. The van der Waals surface area contributed by atoms with Crippen molar-refractivity contribution in [2.24, 2.45) is 11.8 Å². The third kappa shape index (κ3) is 8.87. The van der Waals surface area contributed by atoms with E-state index in [0.717, 1.165) is 0 Å². The van der Waals surface area contributed by atoms with Crippen molar-refractivity contribution in [3.8, 4) is 0 Å². The number of aliphatic hydroxyl groups is 6. The first kappa shape index (κ1) is 31.4. The normalized spacial score (nSPS) is 37.6. The number of rotatable bonds is 13. The Kier molecular flexibility index (Phi) is 12.5. The monoisotopic (exact) mass is 550 g/mol. The summed E-state index contributed by atoms with van der Waals surface area (Å²) in [5.41, 5.74) is 0. The maximum atomic E-state index is 11.3. The van der Waals surface area contributed by atoms with Crippen LogP contribution in [0, 0.1) is 5.92 Å². The minimum Gasteiger partial charge on any atom is -0.394 e. The molecule has 0 radical (unpaired) electrons. The fraction of sp³-hybridized carbons (Fsp3) is 0.944. The molecule has 0 aromatic rings. The Balaban J connectivity index is 2.06. The van der Waals surface area contributed by atoms with E-state index in [2.05, 4.69) is 14.7 Å². The number of ether oxygens (including phenoxy) is 3. The molecule has 1 heterocycles. The van der Waals surface area contributed by atoms with Crippen LogP contribution in [0.4, 0.5) is 0 Å². The second-order valence-corrected chi connectivity index (χ2v) is 9.72. The van der Waals surface area contributed by atoms with Crippen LogP contribution in [0.25, 0.3) is 0 Å². The van der Waals surface area contributed by atoms with E-state index in [1.807, 2.05) is 0 Å². The van der Waals surface area contributed by atoms with Gasteiger partial charge in [0.25, 0.3) is 0 Å². The molecular weight excluding hydrogens is 515 g/mol. The first-order chi connectivity index (χ1) is 16.9. The zero-order chi connectivity index (χ0) is 27.0. The van der Waals surface area contributed by atoms with Gasteiger partial charge in [0.1, 0.15) is 43.2 Å². The molecule has 1 saturated heterocycles. The summed E-state index contributed by atoms with van der Waals surface area (Å²) in [7, 11) is -4.89. The number of amides is 1. The van der Waals surface area contributed by atoms with Crippen LogP contribution in [0.15, 0.2) is 0 Å². The number of phosphoric ester groups is 1. The Morgan fingerprint density at radius 1 is 1.06 bits per heavy atom. The summed E-state index contributed by atoms with van der Waals surface area (Å²) >= 11 is 0. The molecule has 2 rings (SSSR count). The molecule has 0 aromatic carbocycles. The lowest BCUT2D eigenvalue weighted by Crippen LogP contribution is -2.63. The molecule has 1 aliphatic heterocycles. The van der Waals surface area contributed by atoms with Gasteiger partial charge < -0.3 is 60.0 Å². The summed E-state index contributed by atoms with van der Waals surface area (Å²) in [6.07, 6.45) is -13.7. The molecule has 18 heteroatoms. The van der Waals surface area contributed by atoms with Gasteiger partial charge in [-0.05, 0) is 12.8 Å². The van der Waals surface area contributed by atoms with Crippen LogP contribution in [0.2, 0.25) is 0 Å². The summed E-state index contributed by atoms with van der Waals surface area (Å²) in [6.45, 7) is -1.55. The lowest BCUT2D eigenvalue weighted by atomic mass is 9.81.